The topological polar surface area (TPSA) is 30.0 Å². The quantitative estimate of drug-likeness (QED) is 0.757. The minimum Gasteiger partial charge on any atom is -0.295 e. The second-order valence-corrected chi connectivity index (χ2v) is 5.16. The highest BCUT2D eigenvalue weighted by Crippen LogP contribution is 2.24. The van der Waals surface area contributed by atoms with E-state index in [0.717, 1.165) is 41.5 Å². The number of hydrogen-bond donors (Lipinski definition) is 0. The smallest absolute Gasteiger partial charge is 0.158 e. The van der Waals surface area contributed by atoms with Gasteiger partial charge in [0.1, 0.15) is 0 Å². The number of rotatable bonds is 2. The Kier molecular flexibility index (Phi) is 3.73. The van der Waals surface area contributed by atoms with E-state index in [1.165, 1.54) is 0 Å². The van der Waals surface area contributed by atoms with Crippen LogP contribution in [0.4, 0.5) is 0 Å². The van der Waals surface area contributed by atoms with Crippen molar-refractivity contribution in [2.24, 2.45) is 0 Å². The molecule has 0 spiro atoms. The van der Waals surface area contributed by atoms with Crippen molar-refractivity contribution >= 4 is 11.9 Å². The first-order valence-electron chi connectivity index (χ1n) is 7.07. The first-order valence-corrected chi connectivity index (χ1v) is 7.07. The number of allylic oxidation sites excluding steroid dienone is 1. The number of hydrogen-bond acceptors (Lipinski definition) is 2. The van der Waals surface area contributed by atoms with Crippen molar-refractivity contribution in [3.05, 3.63) is 59.9 Å². The van der Waals surface area contributed by atoms with Gasteiger partial charge in [-0.3, -0.25) is 9.78 Å². The number of benzene rings is 1. The van der Waals surface area contributed by atoms with Gasteiger partial charge in [0.2, 0.25) is 0 Å². The number of Topliss-reactive ketones (excluding diaryl/α,β-unsaturated/α-hetero) is 1. The number of aromatic nitrogens is 1. The number of carbonyl (C=O) groups is 1. The van der Waals surface area contributed by atoms with E-state index in [1.54, 1.807) is 6.20 Å². The zero-order valence-electron chi connectivity index (χ0n) is 11.4. The van der Waals surface area contributed by atoms with Crippen LogP contribution < -0.4 is 0 Å². The fourth-order valence-corrected chi connectivity index (χ4v) is 2.56. The van der Waals surface area contributed by atoms with E-state index in [2.05, 4.69) is 29.2 Å². The molecule has 1 aliphatic rings. The molecule has 0 amide bonds. The monoisotopic (exact) mass is 263 g/mol. The van der Waals surface area contributed by atoms with Crippen LogP contribution in [-0.4, -0.2) is 10.8 Å². The lowest BCUT2D eigenvalue weighted by molar-refractivity contribution is -0.116. The maximum absolute atomic E-state index is 11.8. The maximum Gasteiger partial charge on any atom is 0.158 e. The fourth-order valence-electron chi connectivity index (χ4n) is 2.56. The van der Waals surface area contributed by atoms with E-state index in [4.69, 9.17) is 0 Å². The largest absolute Gasteiger partial charge is 0.295 e. The van der Waals surface area contributed by atoms with E-state index in [-0.39, 0.29) is 0 Å². The molecule has 2 nitrogen and oxygen atoms in total. The molecule has 0 N–H and O–H groups in total. The third-order valence-corrected chi connectivity index (χ3v) is 3.70. The highest BCUT2D eigenvalue weighted by molar-refractivity contribution is 6.00. The van der Waals surface area contributed by atoms with Gasteiger partial charge in [-0.05, 0) is 53.7 Å². The van der Waals surface area contributed by atoms with Gasteiger partial charge < -0.3 is 0 Å². The molecule has 0 atom stereocenters. The molecule has 3 rings (SSSR count). The zero-order valence-corrected chi connectivity index (χ0v) is 11.4. The van der Waals surface area contributed by atoms with Crippen molar-refractivity contribution in [2.75, 3.05) is 0 Å². The number of nitrogens with zero attached hydrogens (tertiary/aromatic N) is 1. The predicted octanol–water partition coefficient (Wildman–Crippen LogP) is 4.28. The van der Waals surface area contributed by atoms with Crippen molar-refractivity contribution in [1.82, 2.24) is 4.98 Å². The molecule has 2 heteroatoms. The molecule has 0 saturated heterocycles. The molecule has 1 fully saturated rings. The fraction of sp³-hybridized carbons (Fsp3) is 0.222. The molecule has 0 unspecified atom stereocenters. The first kappa shape index (κ1) is 12.8. The van der Waals surface area contributed by atoms with Crippen LogP contribution in [0.25, 0.3) is 17.2 Å². The molecular weight excluding hydrogens is 246 g/mol. The lowest BCUT2D eigenvalue weighted by Gasteiger charge is -2.12. The van der Waals surface area contributed by atoms with Crippen LogP contribution in [0.5, 0.6) is 0 Å². The Morgan fingerprint density at radius 2 is 1.75 bits per heavy atom. The Hall–Kier alpha value is -2.22. The van der Waals surface area contributed by atoms with Crippen molar-refractivity contribution < 1.29 is 4.79 Å². The summed E-state index contributed by atoms with van der Waals surface area (Å²) in [7, 11) is 0. The van der Waals surface area contributed by atoms with Gasteiger partial charge in [-0.25, -0.2) is 0 Å². The summed E-state index contributed by atoms with van der Waals surface area (Å²) in [5, 5.41) is 0. The molecule has 2 aromatic rings. The number of carbonyl (C=O) groups excluding carboxylic acids is 1. The Morgan fingerprint density at radius 3 is 2.45 bits per heavy atom. The van der Waals surface area contributed by atoms with E-state index >= 15 is 0 Å². The highest BCUT2D eigenvalue weighted by Gasteiger charge is 2.14. The van der Waals surface area contributed by atoms with Gasteiger partial charge in [-0.15, -0.1) is 0 Å². The highest BCUT2D eigenvalue weighted by atomic mass is 16.1. The van der Waals surface area contributed by atoms with E-state index < -0.39 is 0 Å². The van der Waals surface area contributed by atoms with Gasteiger partial charge >= 0.3 is 0 Å². The second kappa shape index (κ2) is 5.83. The summed E-state index contributed by atoms with van der Waals surface area (Å²) in [6.45, 7) is 0. The normalized spacial score (nSPS) is 17.4. The summed E-state index contributed by atoms with van der Waals surface area (Å²) in [6.07, 6.45) is 9.47. The molecule has 100 valence electrons. The molecular formula is C18H17NO. The van der Waals surface area contributed by atoms with Crippen LogP contribution in [0.15, 0.2) is 54.4 Å². The Bertz CT molecular complexity index is 626. The van der Waals surface area contributed by atoms with Crippen molar-refractivity contribution in [2.45, 2.75) is 25.7 Å². The number of pyridine rings is 1. The standard InChI is InChI=1S/C18H17NO/c20-18-6-2-1-4-16(18)12-14-7-9-15(10-8-14)17-5-3-11-19-13-17/h3,5,7-13H,1-2,4,6H2/b16-12+. The lowest BCUT2D eigenvalue weighted by Crippen LogP contribution is -2.07. The molecule has 20 heavy (non-hydrogen) atoms. The van der Waals surface area contributed by atoms with Crippen molar-refractivity contribution in [1.29, 1.82) is 0 Å². The molecule has 1 heterocycles. The summed E-state index contributed by atoms with van der Waals surface area (Å²) in [6, 6.07) is 12.3. The van der Waals surface area contributed by atoms with Crippen LogP contribution in [0.3, 0.4) is 0 Å². The second-order valence-electron chi connectivity index (χ2n) is 5.16. The number of ketones is 1. The van der Waals surface area contributed by atoms with Gasteiger partial charge in [-0.1, -0.05) is 30.3 Å². The Morgan fingerprint density at radius 1 is 0.950 bits per heavy atom. The summed E-state index contributed by atoms with van der Waals surface area (Å²) in [5.74, 6) is 0.313. The maximum atomic E-state index is 11.8. The van der Waals surface area contributed by atoms with Gasteiger partial charge in [0.25, 0.3) is 0 Å². The minimum absolute atomic E-state index is 0.313. The summed E-state index contributed by atoms with van der Waals surface area (Å²) >= 11 is 0. The van der Waals surface area contributed by atoms with E-state index in [1.807, 2.05) is 24.4 Å². The molecule has 0 radical (unpaired) electrons. The zero-order chi connectivity index (χ0) is 13.8. The molecule has 1 aromatic heterocycles. The molecule has 0 bridgehead atoms. The van der Waals surface area contributed by atoms with Crippen LogP contribution >= 0.6 is 0 Å². The van der Waals surface area contributed by atoms with Crippen molar-refractivity contribution in [3.63, 3.8) is 0 Å². The first-order chi connectivity index (χ1) is 9.83. The van der Waals surface area contributed by atoms with Gasteiger partial charge in [-0.2, -0.15) is 0 Å². The minimum atomic E-state index is 0.313. The summed E-state index contributed by atoms with van der Waals surface area (Å²) in [5.41, 5.74) is 4.34. The molecule has 0 aliphatic heterocycles. The van der Waals surface area contributed by atoms with Crippen LogP contribution in [-0.2, 0) is 4.79 Å². The van der Waals surface area contributed by atoms with Gasteiger partial charge in [0.15, 0.2) is 5.78 Å². The average molecular weight is 263 g/mol. The van der Waals surface area contributed by atoms with Gasteiger partial charge in [0, 0.05) is 18.8 Å². The SMILES string of the molecule is O=C1CCCC/C1=C\c1ccc(-c2cccnc2)cc1. The predicted molar refractivity (Wildman–Crippen MR) is 81.1 cm³/mol. The van der Waals surface area contributed by atoms with Crippen LogP contribution in [0, 0.1) is 0 Å². The molecule has 1 saturated carbocycles. The summed E-state index contributed by atoms with van der Waals surface area (Å²) in [4.78, 5) is 15.9. The van der Waals surface area contributed by atoms with E-state index in [0.29, 0.717) is 12.2 Å². The Labute approximate surface area is 119 Å². The molecule has 1 aliphatic carbocycles. The Balaban J connectivity index is 1.83. The third-order valence-electron chi connectivity index (χ3n) is 3.70. The molecule has 1 aromatic carbocycles. The lowest BCUT2D eigenvalue weighted by atomic mass is 9.92. The van der Waals surface area contributed by atoms with Gasteiger partial charge in [0.05, 0.1) is 0 Å². The average Bonchev–Trinajstić information content (AvgIpc) is 2.51. The van der Waals surface area contributed by atoms with Crippen LogP contribution in [0.1, 0.15) is 31.2 Å². The van der Waals surface area contributed by atoms with Crippen molar-refractivity contribution in [3.8, 4) is 11.1 Å². The van der Waals surface area contributed by atoms with Crippen LogP contribution in [0.2, 0.25) is 0 Å². The summed E-state index contributed by atoms with van der Waals surface area (Å²) < 4.78 is 0. The third kappa shape index (κ3) is 2.85. The van der Waals surface area contributed by atoms with E-state index in [9.17, 15) is 4.79 Å².